The van der Waals surface area contributed by atoms with Crippen molar-refractivity contribution in [3.8, 4) is 0 Å². The van der Waals surface area contributed by atoms with Gasteiger partial charge in [0.1, 0.15) is 0 Å². The molecule has 0 aromatic heterocycles. The Morgan fingerprint density at radius 1 is 1.38 bits per heavy atom. The molecule has 1 aliphatic rings. The number of fused-ring (bicyclic) bond motifs is 1. The maximum atomic E-state index is 12.0. The van der Waals surface area contributed by atoms with Crippen LogP contribution in [0.15, 0.2) is 24.3 Å². The Morgan fingerprint density at radius 3 is 2.71 bits per heavy atom. The summed E-state index contributed by atoms with van der Waals surface area (Å²) in [5.74, 6) is 0. The third-order valence-electron chi connectivity index (χ3n) is 3.01. The van der Waals surface area contributed by atoms with Gasteiger partial charge in [-0.25, -0.2) is 9.52 Å². The molecule has 116 valence electrons. The zero-order chi connectivity index (χ0) is 15.6. The van der Waals surface area contributed by atoms with Gasteiger partial charge in [0.2, 0.25) is 0 Å². The lowest BCUT2D eigenvalue weighted by Gasteiger charge is -2.18. The van der Waals surface area contributed by atoms with Crippen molar-refractivity contribution in [1.29, 1.82) is 0 Å². The number of amides is 1. The van der Waals surface area contributed by atoms with Crippen LogP contribution in [0.25, 0.3) is 0 Å². The van der Waals surface area contributed by atoms with Crippen molar-refractivity contribution in [2.24, 2.45) is 0 Å². The zero-order valence-corrected chi connectivity index (χ0v) is 13.2. The summed E-state index contributed by atoms with van der Waals surface area (Å²) < 4.78 is 32.8. The van der Waals surface area contributed by atoms with E-state index < -0.39 is 33.8 Å². The highest BCUT2D eigenvalue weighted by atomic mass is 35.5. The number of hydrogen-bond donors (Lipinski definition) is 2. The minimum atomic E-state index is -4.04. The molecule has 0 fully saturated rings. The van der Waals surface area contributed by atoms with Crippen molar-refractivity contribution in [2.45, 2.75) is 37.8 Å². The summed E-state index contributed by atoms with van der Waals surface area (Å²) in [6, 6.07) is 6.83. The highest BCUT2D eigenvalue weighted by Crippen LogP contribution is 2.34. The van der Waals surface area contributed by atoms with Crippen LogP contribution in [0, 0.1) is 0 Å². The molecule has 2 atom stereocenters. The number of nitrogens with one attached hydrogen (secondary N) is 2. The molecular formula is C13H17ClN2O4S. The van der Waals surface area contributed by atoms with Crippen LogP contribution in [0.3, 0.4) is 0 Å². The predicted octanol–water partition coefficient (Wildman–Crippen LogP) is 1.86. The molecule has 21 heavy (non-hydrogen) atoms. The van der Waals surface area contributed by atoms with E-state index in [0.29, 0.717) is 6.42 Å². The molecular weight excluding hydrogens is 316 g/mol. The molecule has 0 saturated carbocycles. The van der Waals surface area contributed by atoms with Crippen molar-refractivity contribution in [2.75, 3.05) is 0 Å². The summed E-state index contributed by atoms with van der Waals surface area (Å²) in [7, 11) is -4.04. The molecule has 0 radical (unpaired) electrons. The maximum absolute atomic E-state index is 12.0. The molecule has 2 unspecified atom stereocenters. The van der Waals surface area contributed by atoms with E-state index >= 15 is 0 Å². The molecule has 0 saturated heterocycles. The van der Waals surface area contributed by atoms with Crippen LogP contribution >= 0.6 is 11.6 Å². The second-order valence-electron chi connectivity index (χ2n) is 5.07. The number of carbonyl (C=O) groups is 1. The van der Waals surface area contributed by atoms with Crippen LogP contribution in [-0.2, 0) is 21.4 Å². The fourth-order valence-corrected chi connectivity index (χ4v) is 3.62. The maximum Gasteiger partial charge on any atom is 0.422 e. The summed E-state index contributed by atoms with van der Waals surface area (Å²) in [6.07, 6.45) is -0.857. The number of halogens is 1. The smallest absolute Gasteiger partial charge is 0.422 e. The Morgan fingerprint density at radius 2 is 2.05 bits per heavy atom. The van der Waals surface area contributed by atoms with E-state index in [1.807, 2.05) is 29.0 Å². The largest absolute Gasteiger partial charge is 0.446 e. The monoisotopic (exact) mass is 332 g/mol. The van der Waals surface area contributed by atoms with Crippen LogP contribution in [0.1, 0.15) is 31.0 Å². The number of hydrogen-bond acceptors (Lipinski definition) is 4. The fraction of sp³-hybridized carbons (Fsp3) is 0.462. The van der Waals surface area contributed by atoms with Crippen LogP contribution < -0.4 is 9.44 Å². The second kappa shape index (κ2) is 6.21. The molecule has 1 aromatic rings. The van der Waals surface area contributed by atoms with Gasteiger partial charge in [0.15, 0.2) is 0 Å². The average Bonchev–Trinajstić information content (AvgIpc) is 2.63. The molecule has 0 spiro atoms. The van der Waals surface area contributed by atoms with E-state index in [1.54, 1.807) is 13.8 Å². The fourth-order valence-electron chi connectivity index (χ4n) is 2.23. The first-order valence-corrected chi connectivity index (χ1v) is 8.43. The Hall–Kier alpha value is -1.31. The van der Waals surface area contributed by atoms with E-state index in [-0.39, 0.29) is 0 Å². The standard InChI is InChI=1S/C13H17ClN2O4S/c1-8(2)20-13(17)16-21(18,19)15-12-10-6-4-3-5-9(10)7-11(12)14/h3-6,8,11-12,15H,7H2,1-2H3,(H,16,17). The molecule has 2 rings (SSSR count). The number of rotatable bonds is 4. The lowest BCUT2D eigenvalue weighted by molar-refractivity contribution is 0.121. The van der Waals surface area contributed by atoms with Gasteiger partial charge in [0.25, 0.3) is 0 Å². The predicted molar refractivity (Wildman–Crippen MR) is 79.3 cm³/mol. The quantitative estimate of drug-likeness (QED) is 0.824. The van der Waals surface area contributed by atoms with Crippen molar-refractivity contribution in [3.05, 3.63) is 35.4 Å². The molecule has 0 aliphatic heterocycles. The van der Waals surface area contributed by atoms with Gasteiger partial charge in [-0.3, -0.25) is 0 Å². The molecule has 1 aromatic carbocycles. The molecule has 2 N–H and O–H groups in total. The SMILES string of the molecule is CC(C)OC(=O)NS(=O)(=O)NC1c2ccccc2CC1Cl. The Bertz CT molecular complexity index is 633. The van der Waals surface area contributed by atoms with Crippen LogP contribution in [0.4, 0.5) is 4.79 Å². The normalized spacial score (nSPS) is 21.1. The van der Waals surface area contributed by atoms with Gasteiger partial charge in [0, 0.05) is 0 Å². The summed E-state index contributed by atoms with van der Waals surface area (Å²) in [5, 5.41) is -0.403. The van der Waals surface area contributed by atoms with E-state index in [4.69, 9.17) is 16.3 Å². The molecule has 6 nitrogen and oxygen atoms in total. The summed E-state index contributed by atoms with van der Waals surface area (Å²) in [5.41, 5.74) is 1.81. The summed E-state index contributed by atoms with van der Waals surface area (Å²) >= 11 is 6.20. The number of ether oxygens (including phenoxy) is 1. The lowest BCUT2D eigenvalue weighted by atomic mass is 10.1. The Balaban J connectivity index is 2.09. The van der Waals surface area contributed by atoms with Crippen LogP contribution in [0.5, 0.6) is 0 Å². The first-order valence-electron chi connectivity index (χ1n) is 6.51. The third-order valence-corrected chi connectivity index (χ3v) is 4.42. The van der Waals surface area contributed by atoms with Gasteiger partial charge in [-0.05, 0) is 31.4 Å². The zero-order valence-electron chi connectivity index (χ0n) is 11.7. The average molecular weight is 333 g/mol. The van der Waals surface area contributed by atoms with E-state index in [9.17, 15) is 13.2 Å². The highest BCUT2D eigenvalue weighted by molar-refractivity contribution is 7.88. The van der Waals surface area contributed by atoms with Crippen LogP contribution in [0.2, 0.25) is 0 Å². The van der Waals surface area contributed by atoms with Crippen molar-refractivity contribution < 1.29 is 17.9 Å². The van der Waals surface area contributed by atoms with Gasteiger partial charge in [0.05, 0.1) is 17.5 Å². The summed E-state index contributed by atoms with van der Waals surface area (Å²) in [6.45, 7) is 3.25. The van der Waals surface area contributed by atoms with Crippen molar-refractivity contribution >= 4 is 27.9 Å². The minimum Gasteiger partial charge on any atom is -0.446 e. The molecule has 1 amide bonds. The Kier molecular flexibility index (Phi) is 4.75. The van der Waals surface area contributed by atoms with E-state index in [1.165, 1.54) is 0 Å². The van der Waals surface area contributed by atoms with Crippen molar-refractivity contribution in [3.63, 3.8) is 0 Å². The topological polar surface area (TPSA) is 84.5 Å². The first kappa shape index (κ1) is 16.1. The highest BCUT2D eigenvalue weighted by Gasteiger charge is 2.34. The van der Waals surface area contributed by atoms with Gasteiger partial charge < -0.3 is 4.74 Å². The molecule has 0 heterocycles. The van der Waals surface area contributed by atoms with Crippen molar-refractivity contribution in [1.82, 2.24) is 9.44 Å². The van der Waals surface area contributed by atoms with Crippen LogP contribution in [-0.4, -0.2) is 26.0 Å². The third kappa shape index (κ3) is 4.09. The van der Waals surface area contributed by atoms with E-state index in [2.05, 4.69) is 4.72 Å². The number of carbonyl (C=O) groups excluding carboxylic acids is 1. The van der Waals surface area contributed by atoms with Gasteiger partial charge in [-0.15, -0.1) is 11.6 Å². The minimum absolute atomic E-state index is 0.403. The molecule has 1 aliphatic carbocycles. The molecule has 8 heteroatoms. The van der Waals surface area contributed by atoms with Gasteiger partial charge in [-0.1, -0.05) is 24.3 Å². The summed E-state index contributed by atoms with van der Waals surface area (Å²) in [4.78, 5) is 11.4. The molecule has 0 bridgehead atoms. The first-order chi connectivity index (χ1) is 9.78. The second-order valence-corrected chi connectivity index (χ2v) is 7.08. The van der Waals surface area contributed by atoms with Gasteiger partial charge >= 0.3 is 16.3 Å². The lowest BCUT2D eigenvalue weighted by Crippen LogP contribution is -2.44. The number of alkyl halides is 1. The Labute approximate surface area is 129 Å². The number of benzene rings is 1. The van der Waals surface area contributed by atoms with Gasteiger partial charge in [-0.2, -0.15) is 13.1 Å². The van der Waals surface area contributed by atoms with E-state index in [0.717, 1.165) is 11.1 Å².